The quantitative estimate of drug-likeness (QED) is 0.857. The smallest absolute Gasteiger partial charge is 0.338 e. The van der Waals surface area contributed by atoms with E-state index in [1.54, 1.807) is 38.1 Å². The van der Waals surface area contributed by atoms with Gasteiger partial charge < -0.3 is 15.2 Å². The van der Waals surface area contributed by atoms with Crippen LogP contribution >= 0.6 is 0 Å². The topological polar surface area (TPSA) is 109 Å². The Morgan fingerprint density at radius 1 is 1.30 bits per heavy atom. The lowest BCUT2D eigenvalue weighted by atomic mass is 9.83. The van der Waals surface area contributed by atoms with Gasteiger partial charge in [-0.3, -0.25) is 0 Å². The van der Waals surface area contributed by atoms with Crippen molar-refractivity contribution >= 4 is 5.97 Å². The molecule has 0 radical (unpaired) electrons. The van der Waals surface area contributed by atoms with Gasteiger partial charge in [0.15, 0.2) is 0 Å². The molecule has 1 unspecified atom stereocenters. The summed E-state index contributed by atoms with van der Waals surface area (Å²) in [5, 5.41) is 18.3. The largest absolute Gasteiger partial charge is 0.463 e. The molecule has 1 heterocycles. The van der Waals surface area contributed by atoms with Crippen molar-refractivity contribution in [3.8, 4) is 12.1 Å². The number of benzene rings is 1. The fourth-order valence-corrected chi connectivity index (χ4v) is 2.44. The molecular formula is C17H15N3O3. The van der Waals surface area contributed by atoms with Crippen LogP contribution in [0, 0.1) is 22.7 Å². The molecule has 0 saturated heterocycles. The van der Waals surface area contributed by atoms with E-state index in [0.29, 0.717) is 16.9 Å². The van der Waals surface area contributed by atoms with Crippen LogP contribution in [-0.2, 0) is 14.3 Å². The zero-order valence-electron chi connectivity index (χ0n) is 12.8. The van der Waals surface area contributed by atoms with Gasteiger partial charge in [0.05, 0.1) is 29.7 Å². The Labute approximate surface area is 134 Å². The Morgan fingerprint density at radius 2 is 1.96 bits per heavy atom. The van der Waals surface area contributed by atoms with E-state index in [1.165, 1.54) is 0 Å². The second kappa shape index (κ2) is 6.67. The van der Waals surface area contributed by atoms with Crippen molar-refractivity contribution in [2.45, 2.75) is 19.8 Å². The molecular weight excluding hydrogens is 294 g/mol. The summed E-state index contributed by atoms with van der Waals surface area (Å²) >= 11 is 0. The van der Waals surface area contributed by atoms with Gasteiger partial charge in [-0.05, 0) is 31.5 Å². The number of carbonyl (C=O) groups excluding carboxylic acids is 1. The van der Waals surface area contributed by atoms with Crippen molar-refractivity contribution in [2.24, 2.45) is 5.73 Å². The Balaban J connectivity index is 2.59. The third kappa shape index (κ3) is 3.02. The number of nitrogens with zero attached hydrogens (tertiary/aromatic N) is 2. The fourth-order valence-electron chi connectivity index (χ4n) is 2.44. The summed E-state index contributed by atoms with van der Waals surface area (Å²) in [6, 6.07) is 10.6. The summed E-state index contributed by atoms with van der Waals surface area (Å²) < 4.78 is 10.4. The molecule has 0 spiro atoms. The summed E-state index contributed by atoms with van der Waals surface area (Å²) in [7, 11) is 0. The van der Waals surface area contributed by atoms with Crippen molar-refractivity contribution in [3.63, 3.8) is 0 Å². The molecule has 0 bridgehead atoms. The first-order valence-electron chi connectivity index (χ1n) is 6.99. The number of esters is 1. The lowest BCUT2D eigenvalue weighted by Crippen LogP contribution is -2.25. The third-order valence-corrected chi connectivity index (χ3v) is 3.47. The molecule has 2 N–H and O–H groups in total. The number of nitrogens with two attached hydrogens (primary N) is 1. The molecule has 1 aromatic carbocycles. The van der Waals surface area contributed by atoms with E-state index in [9.17, 15) is 10.1 Å². The van der Waals surface area contributed by atoms with Gasteiger partial charge in [-0.2, -0.15) is 10.5 Å². The maximum Gasteiger partial charge on any atom is 0.338 e. The molecule has 2 rings (SSSR count). The molecule has 1 atom stereocenters. The van der Waals surface area contributed by atoms with E-state index in [2.05, 4.69) is 0 Å². The van der Waals surface area contributed by atoms with Crippen LogP contribution in [-0.4, -0.2) is 12.6 Å². The van der Waals surface area contributed by atoms with Gasteiger partial charge in [-0.25, -0.2) is 4.79 Å². The highest BCUT2D eigenvalue weighted by Gasteiger charge is 2.36. The lowest BCUT2D eigenvalue weighted by molar-refractivity contribution is -0.139. The first kappa shape index (κ1) is 16.1. The maximum absolute atomic E-state index is 12.3. The molecule has 0 aliphatic carbocycles. The Morgan fingerprint density at radius 3 is 2.48 bits per heavy atom. The van der Waals surface area contributed by atoms with Gasteiger partial charge in [0, 0.05) is 0 Å². The first-order valence-corrected chi connectivity index (χ1v) is 6.99. The molecule has 116 valence electrons. The van der Waals surface area contributed by atoms with E-state index in [0.717, 1.165) is 0 Å². The van der Waals surface area contributed by atoms with Gasteiger partial charge in [0.1, 0.15) is 17.4 Å². The predicted octanol–water partition coefficient (Wildman–Crippen LogP) is 2.20. The summed E-state index contributed by atoms with van der Waals surface area (Å²) in [5.74, 6) is -0.970. The van der Waals surface area contributed by atoms with Crippen LogP contribution in [0.4, 0.5) is 0 Å². The number of hydrogen-bond donors (Lipinski definition) is 1. The second-order valence-electron chi connectivity index (χ2n) is 4.85. The summed E-state index contributed by atoms with van der Waals surface area (Å²) in [4.78, 5) is 12.3. The van der Waals surface area contributed by atoms with Crippen molar-refractivity contribution in [3.05, 3.63) is 58.2 Å². The summed E-state index contributed by atoms with van der Waals surface area (Å²) in [6.45, 7) is 3.50. The van der Waals surface area contributed by atoms with E-state index in [-0.39, 0.29) is 23.6 Å². The van der Waals surface area contributed by atoms with Crippen molar-refractivity contribution < 1.29 is 14.3 Å². The molecule has 0 amide bonds. The van der Waals surface area contributed by atoms with Crippen molar-refractivity contribution in [2.75, 3.05) is 6.61 Å². The van der Waals surface area contributed by atoms with Crippen LogP contribution in [0.2, 0.25) is 0 Å². The van der Waals surface area contributed by atoms with Crippen LogP contribution in [0.1, 0.15) is 30.9 Å². The number of carbonyl (C=O) groups is 1. The number of hydrogen-bond acceptors (Lipinski definition) is 6. The Bertz CT molecular complexity index is 777. The Kier molecular flexibility index (Phi) is 4.68. The average molecular weight is 309 g/mol. The number of nitriles is 2. The van der Waals surface area contributed by atoms with Crippen LogP contribution in [0.25, 0.3) is 0 Å². The zero-order chi connectivity index (χ0) is 17.0. The number of ether oxygens (including phenoxy) is 2. The fraction of sp³-hybridized carbons (Fsp3) is 0.235. The molecule has 1 aromatic rings. The zero-order valence-corrected chi connectivity index (χ0v) is 12.8. The third-order valence-electron chi connectivity index (χ3n) is 3.47. The van der Waals surface area contributed by atoms with Crippen LogP contribution < -0.4 is 5.73 Å². The number of allylic oxidation sites excluding steroid dienone is 2. The Hall–Kier alpha value is -3.25. The van der Waals surface area contributed by atoms with Gasteiger partial charge in [0.2, 0.25) is 5.88 Å². The molecule has 6 heteroatoms. The maximum atomic E-state index is 12.3. The van der Waals surface area contributed by atoms with Crippen LogP contribution in [0.3, 0.4) is 0 Å². The van der Waals surface area contributed by atoms with E-state index >= 15 is 0 Å². The van der Waals surface area contributed by atoms with Gasteiger partial charge in [-0.15, -0.1) is 0 Å². The van der Waals surface area contributed by atoms with Crippen LogP contribution in [0.15, 0.2) is 47.1 Å². The molecule has 1 aliphatic rings. The standard InChI is InChI=1S/C17H15N3O3/c1-3-22-17(21)14-10(2)23-16(20)13(9-19)15(14)12-6-4-11(8-18)5-7-12/h4-7,15H,3,20H2,1-2H3. The van der Waals surface area contributed by atoms with Gasteiger partial charge >= 0.3 is 5.97 Å². The molecule has 0 fully saturated rings. The van der Waals surface area contributed by atoms with Crippen molar-refractivity contribution in [1.29, 1.82) is 10.5 Å². The normalized spacial score (nSPS) is 17.1. The van der Waals surface area contributed by atoms with Gasteiger partial charge in [-0.1, -0.05) is 12.1 Å². The molecule has 23 heavy (non-hydrogen) atoms. The minimum Gasteiger partial charge on any atom is -0.463 e. The molecule has 6 nitrogen and oxygen atoms in total. The average Bonchev–Trinajstić information content (AvgIpc) is 2.54. The molecule has 1 aliphatic heterocycles. The number of rotatable bonds is 3. The van der Waals surface area contributed by atoms with E-state index in [1.807, 2.05) is 12.1 Å². The summed E-state index contributed by atoms with van der Waals surface area (Å²) in [5.41, 5.74) is 7.32. The van der Waals surface area contributed by atoms with E-state index in [4.69, 9.17) is 20.5 Å². The minimum atomic E-state index is -0.680. The molecule has 0 aromatic heterocycles. The highest BCUT2D eigenvalue weighted by atomic mass is 16.5. The molecule has 0 saturated carbocycles. The first-order chi connectivity index (χ1) is 11.0. The van der Waals surface area contributed by atoms with E-state index < -0.39 is 11.9 Å². The minimum absolute atomic E-state index is 0.0348. The van der Waals surface area contributed by atoms with Crippen molar-refractivity contribution in [1.82, 2.24) is 0 Å². The second-order valence-corrected chi connectivity index (χ2v) is 4.85. The highest BCUT2D eigenvalue weighted by molar-refractivity contribution is 5.92. The van der Waals surface area contributed by atoms with Crippen LogP contribution in [0.5, 0.6) is 0 Å². The lowest BCUT2D eigenvalue weighted by Gasteiger charge is -2.26. The predicted molar refractivity (Wildman–Crippen MR) is 81.1 cm³/mol. The van der Waals surface area contributed by atoms with Gasteiger partial charge in [0.25, 0.3) is 0 Å². The summed E-state index contributed by atoms with van der Waals surface area (Å²) in [6.07, 6.45) is 0. The highest BCUT2D eigenvalue weighted by Crippen LogP contribution is 2.39. The SMILES string of the molecule is CCOC(=O)C1=C(C)OC(N)=C(C#N)C1c1ccc(C#N)cc1. The monoisotopic (exact) mass is 309 g/mol.